The number of nitrogens with zero attached hydrogens (tertiary/aromatic N) is 3. The zero-order valence-corrected chi connectivity index (χ0v) is 10.5. The molecule has 96 valence electrons. The first-order chi connectivity index (χ1) is 8.86. The Morgan fingerprint density at radius 2 is 2.28 bits per heavy atom. The average molecular weight is 246 g/mol. The van der Waals surface area contributed by atoms with Gasteiger partial charge in [-0.1, -0.05) is 6.07 Å². The molecule has 5 nitrogen and oxygen atoms in total. The molecule has 0 bridgehead atoms. The molecule has 0 atom stereocenters. The summed E-state index contributed by atoms with van der Waals surface area (Å²) < 4.78 is 7.29. The van der Waals surface area contributed by atoms with E-state index in [9.17, 15) is 0 Å². The Balaban J connectivity index is 1.51. The lowest BCUT2D eigenvalue weighted by Gasteiger charge is -2.34. The van der Waals surface area contributed by atoms with E-state index in [1.54, 1.807) is 7.11 Å². The van der Waals surface area contributed by atoms with Crippen LogP contribution >= 0.6 is 0 Å². The van der Waals surface area contributed by atoms with Crippen LogP contribution < -0.4 is 5.32 Å². The summed E-state index contributed by atoms with van der Waals surface area (Å²) in [7, 11) is 1.79. The number of methoxy groups -OCH3 is 1. The quantitative estimate of drug-likeness (QED) is 0.862. The molecule has 1 aliphatic carbocycles. The predicted octanol–water partition coefficient (Wildman–Crippen LogP) is 1.24. The SMILES string of the molecule is COC1CC(CNCc2nnc3ccccn23)C1. The van der Waals surface area contributed by atoms with Gasteiger partial charge in [-0.2, -0.15) is 0 Å². The highest BCUT2D eigenvalue weighted by Gasteiger charge is 2.28. The van der Waals surface area contributed by atoms with Crippen molar-refractivity contribution in [2.45, 2.75) is 25.5 Å². The van der Waals surface area contributed by atoms with Gasteiger partial charge in [0, 0.05) is 13.3 Å². The van der Waals surface area contributed by atoms with E-state index >= 15 is 0 Å². The van der Waals surface area contributed by atoms with Crippen LogP contribution in [0.15, 0.2) is 24.4 Å². The van der Waals surface area contributed by atoms with Gasteiger partial charge >= 0.3 is 0 Å². The third-order valence-corrected chi connectivity index (χ3v) is 3.63. The zero-order valence-electron chi connectivity index (χ0n) is 10.5. The number of fused-ring (bicyclic) bond motifs is 1. The van der Waals surface area contributed by atoms with Gasteiger partial charge < -0.3 is 10.1 Å². The fourth-order valence-electron chi connectivity index (χ4n) is 2.43. The molecule has 1 saturated carbocycles. The molecule has 2 heterocycles. The number of rotatable bonds is 5. The molecule has 0 radical (unpaired) electrons. The van der Waals surface area contributed by atoms with Gasteiger partial charge in [-0.25, -0.2) is 0 Å². The Kier molecular flexibility index (Phi) is 3.25. The van der Waals surface area contributed by atoms with Crippen LogP contribution in [0.5, 0.6) is 0 Å². The molecule has 2 aromatic heterocycles. The van der Waals surface area contributed by atoms with Gasteiger partial charge in [-0.05, 0) is 37.4 Å². The van der Waals surface area contributed by atoms with E-state index in [4.69, 9.17) is 4.74 Å². The minimum absolute atomic E-state index is 0.478. The van der Waals surface area contributed by atoms with Gasteiger partial charge in [0.25, 0.3) is 0 Å². The topological polar surface area (TPSA) is 51.5 Å². The molecular formula is C13H18N4O. The summed E-state index contributed by atoms with van der Waals surface area (Å²) in [6.07, 6.45) is 4.82. The fourth-order valence-corrected chi connectivity index (χ4v) is 2.43. The molecule has 1 N–H and O–H groups in total. The summed E-state index contributed by atoms with van der Waals surface area (Å²) in [5.74, 6) is 1.71. The average Bonchev–Trinajstić information content (AvgIpc) is 2.76. The lowest BCUT2D eigenvalue weighted by molar-refractivity contribution is 0.00149. The lowest BCUT2D eigenvalue weighted by atomic mass is 9.82. The molecule has 18 heavy (non-hydrogen) atoms. The molecule has 0 spiro atoms. The maximum Gasteiger partial charge on any atom is 0.160 e. The van der Waals surface area contributed by atoms with Crippen molar-refractivity contribution in [1.29, 1.82) is 0 Å². The number of pyridine rings is 1. The maximum absolute atomic E-state index is 5.27. The molecule has 0 amide bonds. The van der Waals surface area contributed by atoms with Crippen LogP contribution in [0.3, 0.4) is 0 Å². The molecular weight excluding hydrogens is 228 g/mol. The minimum Gasteiger partial charge on any atom is -0.381 e. The summed E-state index contributed by atoms with van der Waals surface area (Å²) in [6.45, 7) is 1.79. The fraction of sp³-hybridized carbons (Fsp3) is 0.538. The van der Waals surface area contributed by atoms with Crippen molar-refractivity contribution < 1.29 is 4.74 Å². The smallest absolute Gasteiger partial charge is 0.160 e. The standard InChI is InChI=1S/C13H18N4O/c1-18-11-6-10(7-11)8-14-9-13-16-15-12-4-2-3-5-17(12)13/h2-5,10-11,14H,6-9H2,1H3. The Morgan fingerprint density at radius 3 is 3.11 bits per heavy atom. The van der Waals surface area contributed by atoms with Crippen LogP contribution in [-0.2, 0) is 11.3 Å². The van der Waals surface area contributed by atoms with E-state index in [0.717, 1.165) is 30.5 Å². The number of nitrogens with one attached hydrogen (secondary N) is 1. The van der Waals surface area contributed by atoms with Crippen LogP contribution in [0.2, 0.25) is 0 Å². The van der Waals surface area contributed by atoms with Crippen LogP contribution in [0.4, 0.5) is 0 Å². The number of hydrogen-bond donors (Lipinski definition) is 1. The second-order valence-electron chi connectivity index (χ2n) is 4.87. The van der Waals surface area contributed by atoms with Crippen LogP contribution in [0, 0.1) is 5.92 Å². The summed E-state index contributed by atoms with van der Waals surface area (Å²) in [5.41, 5.74) is 0.900. The van der Waals surface area contributed by atoms with Gasteiger partial charge in [0.15, 0.2) is 11.5 Å². The third kappa shape index (κ3) is 2.23. The first-order valence-electron chi connectivity index (χ1n) is 6.39. The Hall–Kier alpha value is -1.46. The van der Waals surface area contributed by atoms with E-state index in [1.807, 2.05) is 28.8 Å². The van der Waals surface area contributed by atoms with Gasteiger partial charge in [0.1, 0.15) is 0 Å². The van der Waals surface area contributed by atoms with Crippen LogP contribution in [0.25, 0.3) is 5.65 Å². The molecule has 1 fully saturated rings. The Morgan fingerprint density at radius 1 is 1.39 bits per heavy atom. The number of aromatic nitrogens is 3. The maximum atomic E-state index is 5.27. The summed E-state index contributed by atoms with van der Waals surface area (Å²) >= 11 is 0. The van der Waals surface area contributed by atoms with Crippen LogP contribution in [0.1, 0.15) is 18.7 Å². The van der Waals surface area contributed by atoms with E-state index in [-0.39, 0.29) is 0 Å². The van der Waals surface area contributed by atoms with Gasteiger partial charge in [-0.3, -0.25) is 4.40 Å². The predicted molar refractivity (Wildman–Crippen MR) is 68.2 cm³/mol. The van der Waals surface area contributed by atoms with E-state index < -0.39 is 0 Å². The zero-order chi connectivity index (χ0) is 12.4. The Labute approximate surface area is 106 Å². The molecule has 0 saturated heterocycles. The minimum atomic E-state index is 0.478. The second-order valence-corrected chi connectivity index (χ2v) is 4.87. The normalized spacial score (nSPS) is 23.2. The van der Waals surface area contributed by atoms with Crippen molar-refractivity contribution in [3.63, 3.8) is 0 Å². The van der Waals surface area contributed by atoms with E-state index in [2.05, 4.69) is 15.5 Å². The largest absolute Gasteiger partial charge is 0.381 e. The lowest BCUT2D eigenvalue weighted by Crippen LogP contribution is -2.37. The van der Waals surface area contributed by atoms with Crippen molar-refractivity contribution in [2.75, 3.05) is 13.7 Å². The Bertz CT molecular complexity index is 518. The molecule has 1 aliphatic rings. The highest BCUT2D eigenvalue weighted by atomic mass is 16.5. The van der Waals surface area contributed by atoms with Gasteiger partial charge in [0.2, 0.25) is 0 Å². The van der Waals surface area contributed by atoms with Crippen molar-refractivity contribution >= 4 is 5.65 Å². The molecule has 2 aromatic rings. The first-order valence-corrected chi connectivity index (χ1v) is 6.39. The van der Waals surface area contributed by atoms with Crippen molar-refractivity contribution in [3.8, 4) is 0 Å². The summed E-state index contributed by atoms with van der Waals surface area (Å²) in [4.78, 5) is 0. The van der Waals surface area contributed by atoms with E-state index in [0.29, 0.717) is 6.10 Å². The highest BCUT2D eigenvalue weighted by Crippen LogP contribution is 2.28. The molecule has 5 heteroatoms. The van der Waals surface area contributed by atoms with Crippen molar-refractivity contribution in [1.82, 2.24) is 19.9 Å². The monoisotopic (exact) mass is 246 g/mol. The van der Waals surface area contributed by atoms with Crippen molar-refractivity contribution in [3.05, 3.63) is 30.2 Å². The number of ether oxygens (including phenoxy) is 1. The second kappa shape index (κ2) is 5.04. The van der Waals surface area contributed by atoms with Crippen LogP contribution in [-0.4, -0.2) is 34.4 Å². The molecule has 0 unspecified atom stereocenters. The molecule has 3 rings (SSSR count). The summed E-state index contributed by atoms with van der Waals surface area (Å²) in [5, 5.41) is 11.8. The third-order valence-electron chi connectivity index (χ3n) is 3.63. The summed E-state index contributed by atoms with van der Waals surface area (Å²) in [6, 6.07) is 5.93. The highest BCUT2D eigenvalue weighted by molar-refractivity contribution is 5.36. The number of hydrogen-bond acceptors (Lipinski definition) is 4. The van der Waals surface area contributed by atoms with Gasteiger partial charge in [0.05, 0.1) is 12.6 Å². The van der Waals surface area contributed by atoms with E-state index in [1.165, 1.54) is 12.8 Å². The molecule has 0 aliphatic heterocycles. The molecule has 0 aromatic carbocycles. The van der Waals surface area contributed by atoms with Gasteiger partial charge in [-0.15, -0.1) is 10.2 Å². The first kappa shape index (κ1) is 11.6. The van der Waals surface area contributed by atoms with Crippen molar-refractivity contribution in [2.24, 2.45) is 5.92 Å².